The van der Waals surface area contributed by atoms with Gasteiger partial charge in [-0.2, -0.15) is 0 Å². The molecule has 3 aromatic carbocycles. The summed E-state index contributed by atoms with van der Waals surface area (Å²) in [6, 6.07) is 15.2. The quantitative estimate of drug-likeness (QED) is 0.328. The van der Waals surface area contributed by atoms with E-state index in [4.69, 9.17) is 17.3 Å². The summed E-state index contributed by atoms with van der Waals surface area (Å²) in [5.41, 5.74) is 5.98. The molecular weight excluding hydrogens is 539 g/mol. The number of likely N-dealkylation sites (tertiary alicyclic amines) is 1. The molecule has 0 spiro atoms. The Labute approximate surface area is 221 Å². The van der Waals surface area contributed by atoms with Crippen molar-refractivity contribution in [3.63, 3.8) is 0 Å². The maximum absolute atomic E-state index is 14.5. The zero-order chi connectivity index (χ0) is 26.4. The minimum atomic E-state index is -4.26. The zero-order valence-electron chi connectivity index (χ0n) is 19.3. The predicted octanol–water partition coefficient (Wildman–Crippen LogP) is 4.60. The number of thiazole rings is 1. The van der Waals surface area contributed by atoms with Crippen LogP contribution in [0, 0.1) is 5.82 Å². The number of halogens is 2. The third-order valence-electron chi connectivity index (χ3n) is 6.39. The van der Waals surface area contributed by atoms with Gasteiger partial charge in [0.25, 0.3) is 15.9 Å². The first-order valence-electron chi connectivity index (χ1n) is 11.3. The van der Waals surface area contributed by atoms with E-state index < -0.39 is 26.3 Å². The maximum atomic E-state index is 14.5. The summed E-state index contributed by atoms with van der Waals surface area (Å²) in [5.74, 6) is -1.16. The lowest BCUT2D eigenvalue weighted by molar-refractivity contribution is -0.0210. The average Bonchev–Trinajstić information content (AvgIpc) is 3.23. The van der Waals surface area contributed by atoms with Gasteiger partial charge in [-0.3, -0.25) is 9.52 Å². The van der Waals surface area contributed by atoms with Gasteiger partial charge in [-0.05, 0) is 55.3 Å². The average molecular weight is 561 g/mol. The smallest absolute Gasteiger partial charge is 0.264 e. The van der Waals surface area contributed by atoms with Gasteiger partial charge in [0.15, 0.2) is 5.13 Å². The van der Waals surface area contributed by atoms with Crippen LogP contribution in [0.1, 0.15) is 28.8 Å². The number of aliphatic hydroxyl groups is 1. The van der Waals surface area contributed by atoms with Gasteiger partial charge in [0, 0.05) is 34.9 Å². The highest BCUT2D eigenvalue weighted by molar-refractivity contribution is 7.92. The first-order chi connectivity index (χ1) is 17.6. The molecule has 12 heteroatoms. The molecule has 1 aliphatic heterocycles. The van der Waals surface area contributed by atoms with Gasteiger partial charge < -0.3 is 15.7 Å². The molecule has 4 aromatic rings. The monoisotopic (exact) mass is 560 g/mol. The molecule has 192 valence electrons. The van der Waals surface area contributed by atoms with Crippen molar-refractivity contribution in [1.29, 1.82) is 0 Å². The van der Waals surface area contributed by atoms with Gasteiger partial charge in [-0.15, -0.1) is 0 Å². The summed E-state index contributed by atoms with van der Waals surface area (Å²) in [5, 5.41) is 11.8. The van der Waals surface area contributed by atoms with Crippen LogP contribution in [-0.2, 0) is 15.6 Å². The van der Waals surface area contributed by atoms with Crippen LogP contribution in [0.25, 0.3) is 10.2 Å². The van der Waals surface area contributed by atoms with Crippen LogP contribution in [0.15, 0.2) is 65.6 Å². The molecule has 1 fully saturated rings. The molecule has 2 heterocycles. The van der Waals surface area contributed by atoms with E-state index in [1.807, 2.05) is 6.07 Å². The number of hydrogen-bond acceptors (Lipinski definition) is 7. The van der Waals surface area contributed by atoms with Crippen LogP contribution in [-0.4, -0.2) is 42.4 Å². The Morgan fingerprint density at radius 2 is 1.81 bits per heavy atom. The molecule has 0 bridgehead atoms. The highest BCUT2D eigenvalue weighted by Crippen LogP contribution is 2.37. The third kappa shape index (κ3) is 4.99. The molecular formula is C25H22ClFN4O4S2. The van der Waals surface area contributed by atoms with Crippen molar-refractivity contribution in [2.75, 3.05) is 23.5 Å². The van der Waals surface area contributed by atoms with Crippen molar-refractivity contribution < 1.29 is 22.7 Å². The Hall–Kier alpha value is -3.25. The second-order valence-corrected chi connectivity index (χ2v) is 11.9. The fourth-order valence-electron chi connectivity index (χ4n) is 4.41. The number of nitrogens with two attached hydrogens (primary N) is 1. The lowest BCUT2D eigenvalue weighted by Gasteiger charge is -2.39. The lowest BCUT2D eigenvalue weighted by Crippen LogP contribution is -2.45. The fraction of sp³-hybridized carbons (Fsp3) is 0.200. The van der Waals surface area contributed by atoms with Crippen LogP contribution in [0.2, 0.25) is 5.02 Å². The number of sulfonamides is 1. The van der Waals surface area contributed by atoms with Crippen molar-refractivity contribution >= 4 is 59.9 Å². The first-order valence-corrected chi connectivity index (χ1v) is 14.0. The zero-order valence-corrected chi connectivity index (χ0v) is 21.7. The summed E-state index contributed by atoms with van der Waals surface area (Å²) in [6.45, 7) is 0.662. The third-order valence-corrected chi connectivity index (χ3v) is 8.96. The Morgan fingerprint density at radius 1 is 1.14 bits per heavy atom. The second kappa shape index (κ2) is 9.56. The van der Waals surface area contributed by atoms with Crippen LogP contribution in [0.3, 0.4) is 0 Å². The highest BCUT2D eigenvalue weighted by atomic mass is 35.5. The Balaban J connectivity index is 1.27. The van der Waals surface area contributed by atoms with Crippen molar-refractivity contribution in [2.45, 2.75) is 23.3 Å². The summed E-state index contributed by atoms with van der Waals surface area (Å²) < 4.78 is 43.0. The number of amides is 1. The minimum Gasteiger partial charge on any atom is -0.385 e. The number of anilines is 2. The molecule has 5 rings (SSSR count). The largest absolute Gasteiger partial charge is 0.385 e. The molecule has 8 nitrogen and oxygen atoms in total. The molecule has 0 aliphatic carbocycles. The van der Waals surface area contributed by atoms with Gasteiger partial charge >= 0.3 is 0 Å². The van der Waals surface area contributed by atoms with Crippen LogP contribution < -0.4 is 10.5 Å². The fourth-order valence-corrected chi connectivity index (χ4v) is 6.61. The molecule has 0 saturated carbocycles. The lowest BCUT2D eigenvalue weighted by atomic mass is 9.84. The number of hydrogen-bond donors (Lipinski definition) is 3. The molecule has 4 N–H and O–H groups in total. The number of benzene rings is 3. The van der Waals surface area contributed by atoms with Gasteiger partial charge in [0.05, 0.1) is 15.8 Å². The number of nitrogens with one attached hydrogen (secondary N) is 1. The Morgan fingerprint density at radius 3 is 2.49 bits per heavy atom. The number of piperidine rings is 1. The summed E-state index contributed by atoms with van der Waals surface area (Å²) in [7, 11) is -4.26. The van der Waals surface area contributed by atoms with E-state index in [2.05, 4.69) is 9.71 Å². The van der Waals surface area contributed by atoms with Crippen LogP contribution >= 0.6 is 22.9 Å². The van der Waals surface area contributed by atoms with E-state index in [1.54, 1.807) is 23.1 Å². The van der Waals surface area contributed by atoms with Crippen molar-refractivity contribution in [3.05, 3.63) is 82.6 Å². The van der Waals surface area contributed by atoms with E-state index >= 15 is 0 Å². The van der Waals surface area contributed by atoms with Crippen LogP contribution in [0.5, 0.6) is 0 Å². The molecule has 0 unspecified atom stereocenters. The molecule has 37 heavy (non-hydrogen) atoms. The Kier molecular flexibility index (Phi) is 6.57. The van der Waals surface area contributed by atoms with Crippen molar-refractivity contribution in [3.8, 4) is 0 Å². The van der Waals surface area contributed by atoms with Crippen molar-refractivity contribution in [2.24, 2.45) is 0 Å². The number of nitrogens with zero attached hydrogens (tertiary/aromatic N) is 2. The molecule has 1 aliphatic rings. The van der Waals surface area contributed by atoms with E-state index in [1.165, 1.54) is 24.3 Å². The van der Waals surface area contributed by atoms with E-state index in [0.29, 0.717) is 46.8 Å². The summed E-state index contributed by atoms with van der Waals surface area (Å²) in [6.07, 6.45) is 0.668. The molecule has 1 saturated heterocycles. The van der Waals surface area contributed by atoms with Crippen LogP contribution in [0.4, 0.5) is 15.2 Å². The molecule has 0 radical (unpaired) electrons. The predicted molar refractivity (Wildman–Crippen MR) is 142 cm³/mol. The highest BCUT2D eigenvalue weighted by Gasteiger charge is 2.37. The minimum absolute atomic E-state index is 0.167. The summed E-state index contributed by atoms with van der Waals surface area (Å²) >= 11 is 7.32. The number of aromatic nitrogens is 1. The standard InChI is InChI=1S/C25H22ClFN4O4S2/c26-18-4-2-1-3-17(18)25(33)9-11-31(12-10-25)23(32)15-5-7-16(8-6-15)30-37(34,35)22-14-20-21(13-19(22)27)36-24(28)29-20/h1-8,13-14,30,33H,9-12H2,(H2,28,29). The topological polar surface area (TPSA) is 126 Å². The molecule has 1 aromatic heterocycles. The van der Waals surface area contributed by atoms with Gasteiger partial charge in [-0.25, -0.2) is 17.8 Å². The second-order valence-electron chi connectivity index (χ2n) is 8.79. The maximum Gasteiger partial charge on any atom is 0.264 e. The van der Waals surface area contributed by atoms with Gasteiger partial charge in [0.1, 0.15) is 10.7 Å². The SMILES string of the molecule is Nc1nc2cc(S(=O)(=O)Nc3ccc(C(=O)N4CCC(O)(c5ccccc5Cl)CC4)cc3)c(F)cc2s1. The Bertz CT molecular complexity index is 1600. The van der Waals surface area contributed by atoms with E-state index in [-0.39, 0.29) is 22.2 Å². The number of fused-ring (bicyclic) bond motifs is 1. The van der Waals surface area contributed by atoms with E-state index in [9.17, 15) is 22.7 Å². The van der Waals surface area contributed by atoms with Gasteiger partial charge in [0.2, 0.25) is 0 Å². The number of carbonyl (C=O) groups excluding carboxylic acids is 1. The number of nitrogen functional groups attached to an aromatic ring is 1. The number of carbonyl (C=O) groups is 1. The first kappa shape index (κ1) is 25.4. The van der Waals surface area contributed by atoms with Gasteiger partial charge in [-0.1, -0.05) is 41.1 Å². The molecule has 0 atom stereocenters. The summed E-state index contributed by atoms with van der Waals surface area (Å²) in [4.78, 5) is 18.1. The van der Waals surface area contributed by atoms with Crippen molar-refractivity contribution in [1.82, 2.24) is 9.88 Å². The van der Waals surface area contributed by atoms with E-state index in [0.717, 1.165) is 23.5 Å². The molecule has 1 amide bonds. The normalized spacial score (nSPS) is 15.6. The number of rotatable bonds is 5.